The maximum atomic E-state index is 12.3. The van der Waals surface area contributed by atoms with Crippen molar-refractivity contribution in [3.05, 3.63) is 23.3 Å². The average Bonchev–Trinajstić information content (AvgIpc) is 2.11. The number of halogens is 3. The summed E-state index contributed by atoms with van der Waals surface area (Å²) >= 11 is 0. The van der Waals surface area contributed by atoms with Gasteiger partial charge in [0.1, 0.15) is 5.56 Å². The number of alkyl halides is 3. The summed E-state index contributed by atoms with van der Waals surface area (Å²) in [5.41, 5.74) is 4.14. The fourth-order valence-electron chi connectivity index (χ4n) is 1.21. The van der Waals surface area contributed by atoms with Crippen LogP contribution in [0.25, 0.3) is 0 Å². The molecule has 1 aromatic carbocycles. The minimum atomic E-state index is -4.68. The van der Waals surface area contributed by atoms with E-state index in [4.69, 9.17) is 10.8 Å². The number of hydrogen-bond donors (Lipinski definition) is 3. The van der Waals surface area contributed by atoms with Crippen LogP contribution in [0.4, 0.5) is 13.2 Å². The molecule has 0 radical (unpaired) electrons. The number of benzene rings is 1. The predicted molar refractivity (Wildman–Crippen MR) is 47.5 cm³/mol. The summed E-state index contributed by atoms with van der Waals surface area (Å²) < 4.78 is 36.8. The number of aromatic hydroxyl groups is 2. The van der Waals surface area contributed by atoms with Gasteiger partial charge in [0.2, 0.25) is 0 Å². The molecule has 0 aromatic heterocycles. The van der Waals surface area contributed by atoms with Crippen LogP contribution in [0, 0.1) is 0 Å². The molecule has 0 bridgehead atoms. The van der Waals surface area contributed by atoms with E-state index in [2.05, 4.69) is 0 Å². The monoisotopic (exact) mass is 221 g/mol. The van der Waals surface area contributed by atoms with Gasteiger partial charge in [-0.2, -0.15) is 13.2 Å². The van der Waals surface area contributed by atoms with E-state index in [0.717, 1.165) is 12.1 Å². The molecule has 15 heavy (non-hydrogen) atoms. The van der Waals surface area contributed by atoms with Gasteiger partial charge in [0.05, 0.1) is 0 Å². The Bertz CT molecular complexity index is 363. The van der Waals surface area contributed by atoms with Crippen LogP contribution in [0.2, 0.25) is 0 Å². The zero-order chi connectivity index (χ0) is 11.6. The summed E-state index contributed by atoms with van der Waals surface area (Å²) in [6.45, 7) is 0.179. The number of nitrogens with two attached hydrogens (primary N) is 1. The van der Waals surface area contributed by atoms with Gasteiger partial charge in [-0.25, -0.2) is 0 Å². The molecule has 0 aliphatic rings. The topological polar surface area (TPSA) is 66.5 Å². The first kappa shape index (κ1) is 11.6. The van der Waals surface area contributed by atoms with Gasteiger partial charge in [-0.1, -0.05) is 6.07 Å². The third kappa shape index (κ3) is 2.33. The zero-order valence-electron chi connectivity index (χ0n) is 7.67. The van der Waals surface area contributed by atoms with Gasteiger partial charge >= 0.3 is 6.18 Å². The molecule has 0 fully saturated rings. The Balaban J connectivity index is 3.21. The van der Waals surface area contributed by atoms with Gasteiger partial charge < -0.3 is 15.9 Å². The zero-order valence-corrected chi connectivity index (χ0v) is 7.67. The molecule has 0 atom stereocenters. The molecule has 0 aliphatic carbocycles. The quantitative estimate of drug-likeness (QED) is 0.665. The summed E-state index contributed by atoms with van der Waals surface area (Å²) in [4.78, 5) is 0. The van der Waals surface area contributed by atoms with Crippen LogP contribution in [-0.2, 0) is 12.6 Å². The Morgan fingerprint density at radius 2 is 1.73 bits per heavy atom. The standard InChI is InChI=1S/C9H10F3NO2/c10-9(11,12)6-2-1-5(3-4-13)7(14)8(6)15/h1-2,14-15H,3-4,13H2. The molecule has 4 N–H and O–H groups in total. The minimum absolute atomic E-state index is 0.179. The summed E-state index contributed by atoms with van der Waals surface area (Å²) in [7, 11) is 0. The lowest BCUT2D eigenvalue weighted by Gasteiger charge is -2.12. The Hall–Kier alpha value is -1.43. The molecule has 3 nitrogen and oxygen atoms in total. The number of rotatable bonds is 2. The smallest absolute Gasteiger partial charge is 0.420 e. The molecule has 6 heteroatoms. The van der Waals surface area contributed by atoms with Gasteiger partial charge in [0.15, 0.2) is 11.5 Å². The molecule has 0 saturated heterocycles. The summed E-state index contributed by atoms with van der Waals surface area (Å²) in [5.74, 6) is -1.90. The van der Waals surface area contributed by atoms with Gasteiger partial charge in [0, 0.05) is 0 Å². The minimum Gasteiger partial charge on any atom is -0.504 e. The molecule has 0 heterocycles. The maximum absolute atomic E-state index is 12.3. The van der Waals surface area contributed by atoms with Crippen molar-refractivity contribution in [2.45, 2.75) is 12.6 Å². The first-order valence-electron chi connectivity index (χ1n) is 4.19. The SMILES string of the molecule is NCCc1ccc(C(F)(F)F)c(O)c1O. The lowest BCUT2D eigenvalue weighted by atomic mass is 10.1. The van der Waals surface area contributed by atoms with Crippen molar-refractivity contribution >= 4 is 0 Å². The maximum Gasteiger partial charge on any atom is 0.420 e. The van der Waals surface area contributed by atoms with Crippen molar-refractivity contribution < 1.29 is 23.4 Å². The molecular formula is C9H10F3NO2. The predicted octanol–water partition coefficient (Wildman–Crippen LogP) is 1.62. The fraction of sp³-hybridized carbons (Fsp3) is 0.333. The first-order valence-corrected chi connectivity index (χ1v) is 4.19. The third-order valence-electron chi connectivity index (χ3n) is 1.95. The molecule has 0 amide bonds. The largest absolute Gasteiger partial charge is 0.504 e. The van der Waals surface area contributed by atoms with Gasteiger partial charge in [-0.15, -0.1) is 0 Å². The second kappa shape index (κ2) is 3.98. The molecular weight excluding hydrogens is 211 g/mol. The van der Waals surface area contributed by atoms with E-state index in [1.54, 1.807) is 0 Å². The van der Waals surface area contributed by atoms with Gasteiger partial charge in [0.25, 0.3) is 0 Å². The molecule has 1 aromatic rings. The molecule has 0 aliphatic heterocycles. The van der Waals surface area contributed by atoms with Crippen LogP contribution in [0.5, 0.6) is 11.5 Å². The fourth-order valence-corrected chi connectivity index (χ4v) is 1.21. The summed E-state index contributed by atoms with van der Waals surface area (Å²) in [5, 5.41) is 18.4. The van der Waals surface area contributed by atoms with Crippen LogP contribution in [0.1, 0.15) is 11.1 Å². The normalized spacial score (nSPS) is 11.7. The van der Waals surface area contributed by atoms with Crippen molar-refractivity contribution in [2.24, 2.45) is 5.73 Å². The average molecular weight is 221 g/mol. The number of phenolic OH excluding ortho intramolecular Hbond substituents is 2. The van der Waals surface area contributed by atoms with E-state index in [-0.39, 0.29) is 18.5 Å². The molecule has 0 spiro atoms. The van der Waals surface area contributed by atoms with Crippen molar-refractivity contribution in [1.29, 1.82) is 0 Å². The van der Waals surface area contributed by atoms with Crippen LogP contribution < -0.4 is 5.73 Å². The second-order valence-electron chi connectivity index (χ2n) is 3.01. The second-order valence-corrected chi connectivity index (χ2v) is 3.01. The van der Waals surface area contributed by atoms with E-state index in [1.165, 1.54) is 0 Å². The van der Waals surface area contributed by atoms with Crippen molar-refractivity contribution in [3.63, 3.8) is 0 Å². The van der Waals surface area contributed by atoms with Crippen molar-refractivity contribution in [3.8, 4) is 11.5 Å². The van der Waals surface area contributed by atoms with Crippen LogP contribution in [0.3, 0.4) is 0 Å². The highest BCUT2D eigenvalue weighted by Crippen LogP contribution is 2.41. The number of phenols is 2. The Labute approximate surface area is 84.0 Å². The van der Waals surface area contributed by atoms with E-state index < -0.39 is 23.2 Å². The molecule has 0 saturated carbocycles. The van der Waals surface area contributed by atoms with Crippen molar-refractivity contribution in [2.75, 3.05) is 6.54 Å². The summed E-state index contributed by atoms with van der Waals surface area (Å²) in [6, 6.07) is 1.82. The van der Waals surface area contributed by atoms with E-state index >= 15 is 0 Å². The van der Waals surface area contributed by atoms with Crippen LogP contribution in [0.15, 0.2) is 12.1 Å². The Kier molecular flexibility index (Phi) is 3.09. The van der Waals surface area contributed by atoms with Crippen molar-refractivity contribution in [1.82, 2.24) is 0 Å². The Morgan fingerprint density at radius 3 is 2.20 bits per heavy atom. The molecule has 1 rings (SSSR count). The van der Waals surface area contributed by atoms with E-state index in [1.807, 2.05) is 0 Å². The van der Waals surface area contributed by atoms with Crippen LogP contribution >= 0.6 is 0 Å². The van der Waals surface area contributed by atoms with E-state index in [0.29, 0.717) is 0 Å². The van der Waals surface area contributed by atoms with Crippen LogP contribution in [-0.4, -0.2) is 16.8 Å². The third-order valence-corrected chi connectivity index (χ3v) is 1.95. The highest BCUT2D eigenvalue weighted by molar-refractivity contribution is 5.51. The van der Waals surface area contributed by atoms with Gasteiger partial charge in [-0.3, -0.25) is 0 Å². The lowest BCUT2D eigenvalue weighted by Crippen LogP contribution is -2.07. The first-order chi connectivity index (χ1) is 6.88. The Morgan fingerprint density at radius 1 is 1.13 bits per heavy atom. The van der Waals surface area contributed by atoms with E-state index in [9.17, 15) is 18.3 Å². The lowest BCUT2D eigenvalue weighted by molar-refractivity contribution is -0.138. The highest BCUT2D eigenvalue weighted by atomic mass is 19.4. The molecule has 0 unspecified atom stereocenters. The summed E-state index contributed by atoms with van der Waals surface area (Å²) in [6.07, 6.45) is -4.47. The van der Waals surface area contributed by atoms with Gasteiger partial charge in [-0.05, 0) is 24.6 Å². The highest BCUT2D eigenvalue weighted by Gasteiger charge is 2.35. The number of hydrogen-bond acceptors (Lipinski definition) is 3. The molecule has 84 valence electrons.